The van der Waals surface area contributed by atoms with Crippen LogP contribution in [0.5, 0.6) is 0 Å². The molecule has 4 heteroatoms. The standard InChI is InChI=1S/C11H20N2OS/c1-9(15)11(14)13-7-6-12-5-3-2-4-10(12)8-13/h9-10,15H,2-8H2,1H3. The molecule has 1 amide bonds. The highest BCUT2D eigenvalue weighted by atomic mass is 32.1. The zero-order valence-corrected chi connectivity index (χ0v) is 10.2. The van der Waals surface area contributed by atoms with Crippen molar-refractivity contribution in [3.05, 3.63) is 0 Å². The first-order valence-corrected chi connectivity index (χ1v) is 6.41. The van der Waals surface area contributed by atoms with Gasteiger partial charge in [-0.1, -0.05) is 6.42 Å². The lowest BCUT2D eigenvalue weighted by Gasteiger charge is -2.44. The fourth-order valence-corrected chi connectivity index (χ4v) is 2.78. The number of amides is 1. The normalized spacial score (nSPS) is 29.7. The minimum Gasteiger partial charge on any atom is -0.339 e. The highest BCUT2D eigenvalue weighted by Gasteiger charge is 2.31. The number of piperazine rings is 1. The Morgan fingerprint density at radius 2 is 2.13 bits per heavy atom. The molecule has 0 bridgehead atoms. The van der Waals surface area contributed by atoms with Crippen LogP contribution in [0.1, 0.15) is 26.2 Å². The van der Waals surface area contributed by atoms with Gasteiger partial charge in [0.15, 0.2) is 0 Å². The van der Waals surface area contributed by atoms with Crippen molar-refractivity contribution in [2.24, 2.45) is 0 Å². The molecule has 2 atom stereocenters. The van der Waals surface area contributed by atoms with Crippen molar-refractivity contribution in [3.63, 3.8) is 0 Å². The Hall–Kier alpha value is -0.220. The lowest BCUT2D eigenvalue weighted by Crippen LogP contribution is -2.57. The fourth-order valence-electron chi connectivity index (χ4n) is 2.62. The Morgan fingerprint density at radius 3 is 2.87 bits per heavy atom. The first kappa shape index (κ1) is 11.3. The van der Waals surface area contributed by atoms with Crippen LogP contribution in [-0.2, 0) is 4.79 Å². The van der Waals surface area contributed by atoms with E-state index in [9.17, 15) is 4.79 Å². The molecule has 2 saturated heterocycles. The van der Waals surface area contributed by atoms with Gasteiger partial charge in [0, 0.05) is 25.7 Å². The summed E-state index contributed by atoms with van der Waals surface area (Å²) in [4.78, 5) is 16.3. The second-order valence-corrected chi connectivity index (χ2v) is 5.42. The first-order valence-electron chi connectivity index (χ1n) is 5.89. The molecule has 0 radical (unpaired) electrons. The Bertz CT molecular complexity index is 245. The van der Waals surface area contributed by atoms with Crippen LogP contribution in [0.15, 0.2) is 0 Å². The second kappa shape index (κ2) is 4.74. The maximum atomic E-state index is 11.8. The van der Waals surface area contributed by atoms with E-state index >= 15 is 0 Å². The molecule has 86 valence electrons. The number of fused-ring (bicyclic) bond motifs is 1. The molecule has 2 unspecified atom stereocenters. The van der Waals surface area contributed by atoms with E-state index in [0.717, 1.165) is 19.6 Å². The molecule has 2 fully saturated rings. The van der Waals surface area contributed by atoms with Gasteiger partial charge in [-0.05, 0) is 26.3 Å². The summed E-state index contributed by atoms with van der Waals surface area (Å²) in [5, 5.41) is -0.153. The number of nitrogens with zero attached hydrogens (tertiary/aromatic N) is 2. The molecule has 0 saturated carbocycles. The molecule has 0 aromatic rings. The van der Waals surface area contributed by atoms with Crippen LogP contribution in [0.2, 0.25) is 0 Å². The van der Waals surface area contributed by atoms with Crippen molar-refractivity contribution in [1.82, 2.24) is 9.80 Å². The summed E-state index contributed by atoms with van der Waals surface area (Å²) in [6.07, 6.45) is 3.90. The van der Waals surface area contributed by atoms with Crippen LogP contribution in [0.3, 0.4) is 0 Å². The van der Waals surface area contributed by atoms with Gasteiger partial charge in [-0.2, -0.15) is 12.6 Å². The second-order valence-electron chi connectivity index (χ2n) is 4.65. The summed E-state index contributed by atoms with van der Waals surface area (Å²) >= 11 is 4.22. The number of thiol groups is 1. The van der Waals surface area contributed by atoms with Crippen LogP contribution < -0.4 is 0 Å². The third kappa shape index (κ3) is 2.48. The topological polar surface area (TPSA) is 23.6 Å². The number of carbonyl (C=O) groups is 1. The van der Waals surface area contributed by atoms with E-state index in [1.54, 1.807) is 0 Å². The van der Waals surface area contributed by atoms with Gasteiger partial charge in [0.2, 0.25) is 5.91 Å². The zero-order valence-electron chi connectivity index (χ0n) is 9.35. The maximum absolute atomic E-state index is 11.8. The average molecular weight is 228 g/mol. The molecule has 2 aliphatic rings. The third-order valence-electron chi connectivity index (χ3n) is 3.51. The summed E-state index contributed by atoms with van der Waals surface area (Å²) < 4.78 is 0. The Balaban J connectivity index is 1.93. The van der Waals surface area contributed by atoms with Gasteiger partial charge in [-0.3, -0.25) is 9.69 Å². The highest BCUT2D eigenvalue weighted by molar-refractivity contribution is 7.81. The average Bonchev–Trinajstić information content (AvgIpc) is 2.27. The van der Waals surface area contributed by atoms with Crippen molar-refractivity contribution >= 4 is 18.5 Å². The third-order valence-corrected chi connectivity index (χ3v) is 3.73. The summed E-state index contributed by atoms with van der Waals surface area (Å²) in [6, 6.07) is 0.614. The molecule has 2 aliphatic heterocycles. The van der Waals surface area contributed by atoms with Gasteiger partial charge in [-0.15, -0.1) is 0 Å². The number of hydrogen-bond donors (Lipinski definition) is 1. The molecule has 0 N–H and O–H groups in total. The monoisotopic (exact) mass is 228 g/mol. The number of rotatable bonds is 1. The SMILES string of the molecule is CC(S)C(=O)N1CCN2CCCCC2C1. The van der Waals surface area contributed by atoms with Gasteiger partial charge in [0.05, 0.1) is 5.25 Å². The van der Waals surface area contributed by atoms with Crippen molar-refractivity contribution in [2.75, 3.05) is 26.2 Å². The van der Waals surface area contributed by atoms with Gasteiger partial charge >= 0.3 is 0 Å². The van der Waals surface area contributed by atoms with Crippen molar-refractivity contribution in [3.8, 4) is 0 Å². The molecule has 2 rings (SSSR count). The molecular formula is C11H20N2OS. The molecule has 0 spiro atoms. The Kier molecular flexibility index (Phi) is 3.57. The van der Waals surface area contributed by atoms with Crippen LogP contribution in [0.4, 0.5) is 0 Å². The van der Waals surface area contributed by atoms with E-state index in [0.29, 0.717) is 6.04 Å². The minimum absolute atomic E-state index is 0.153. The first-order chi connectivity index (χ1) is 7.18. The Morgan fingerprint density at radius 1 is 1.33 bits per heavy atom. The van der Waals surface area contributed by atoms with Gasteiger partial charge in [0.1, 0.15) is 0 Å². The molecule has 0 aromatic carbocycles. The summed E-state index contributed by atoms with van der Waals surface area (Å²) in [7, 11) is 0. The molecule has 15 heavy (non-hydrogen) atoms. The molecule has 2 heterocycles. The van der Waals surface area contributed by atoms with Crippen LogP contribution in [0.25, 0.3) is 0 Å². The van der Waals surface area contributed by atoms with E-state index < -0.39 is 0 Å². The lowest BCUT2D eigenvalue weighted by molar-refractivity contribution is -0.133. The van der Waals surface area contributed by atoms with Gasteiger partial charge in [0.25, 0.3) is 0 Å². The van der Waals surface area contributed by atoms with Crippen molar-refractivity contribution in [2.45, 2.75) is 37.5 Å². The number of piperidine rings is 1. The summed E-state index contributed by atoms with van der Waals surface area (Å²) in [6.45, 7) is 5.95. The molecule has 0 aromatic heterocycles. The lowest BCUT2D eigenvalue weighted by atomic mass is 9.99. The summed E-state index contributed by atoms with van der Waals surface area (Å²) in [5.41, 5.74) is 0. The predicted octanol–water partition coefficient (Wildman–Crippen LogP) is 1.00. The number of hydrogen-bond acceptors (Lipinski definition) is 3. The van der Waals surface area contributed by atoms with E-state index in [1.807, 2.05) is 11.8 Å². The molecule has 3 nitrogen and oxygen atoms in total. The maximum Gasteiger partial charge on any atom is 0.235 e. The smallest absolute Gasteiger partial charge is 0.235 e. The minimum atomic E-state index is -0.153. The van der Waals surface area contributed by atoms with Gasteiger partial charge in [-0.25, -0.2) is 0 Å². The van der Waals surface area contributed by atoms with E-state index in [-0.39, 0.29) is 11.2 Å². The number of carbonyl (C=O) groups excluding carboxylic acids is 1. The van der Waals surface area contributed by atoms with E-state index in [4.69, 9.17) is 0 Å². The highest BCUT2D eigenvalue weighted by Crippen LogP contribution is 2.21. The van der Waals surface area contributed by atoms with E-state index in [1.165, 1.54) is 25.8 Å². The fraction of sp³-hybridized carbons (Fsp3) is 0.909. The quantitative estimate of drug-likeness (QED) is 0.677. The van der Waals surface area contributed by atoms with Crippen LogP contribution in [-0.4, -0.2) is 53.2 Å². The van der Waals surface area contributed by atoms with Gasteiger partial charge < -0.3 is 4.90 Å². The van der Waals surface area contributed by atoms with Crippen molar-refractivity contribution in [1.29, 1.82) is 0 Å². The van der Waals surface area contributed by atoms with E-state index in [2.05, 4.69) is 17.5 Å². The van der Waals surface area contributed by atoms with Crippen LogP contribution in [0, 0.1) is 0 Å². The Labute approximate surface area is 97.2 Å². The van der Waals surface area contributed by atoms with Crippen molar-refractivity contribution < 1.29 is 4.79 Å². The molecular weight excluding hydrogens is 208 g/mol. The largest absolute Gasteiger partial charge is 0.339 e. The zero-order chi connectivity index (χ0) is 10.8. The molecule has 0 aliphatic carbocycles. The van der Waals surface area contributed by atoms with Crippen LogP contribution >= 0.6 is 12.6 Å². The predicted molar refractivity (Wildman–Crippen MR) is 64.2 cm³/mol. The summed E-state index contributed by atoms with van der Waals surface area (Å²) in [5.74, 6) is 0.198.